The molecule has 2 N–H and O–H groups in total. The van der Waals surface area contributed by atoms with Crippen LogP contribution in [0.3, 0.4) is 0 Å². The Hall–Kier alpha value is -2.84. The van der Waals surface area contributed by atoms with Gasteiger partial charge in [0.15, 0.2) is 12.6 Å². The van der Waals surface area contributed by atoms with E-state index in [2.05, 4.69) is 25.6 Å². The minimum absolute atomic E-state index is 0.0625. The van der Waals surface area contributed by atoms with Crippen LogP contribution in [-0.2, 0) is 13.1 Å². The number of nitrogens with one attached hydrogen (secondary N) is 2. The molecule has 25 heavy (non-hydrogen) atoms. The Bertz CT molecular complexity index is 692. The predicted molar refractivity (Wildman–Crippen MR) is 87.1 cm³/mol. The first kappa shape index (κ1) is 18.5. The van der Waals surface area contributed by atoms with Crippen LogP contribution in [0.5, 0.6) is 5.88 Å². The smallest absolute Gasteiger partial charge is 0.422 e. The van der Waals surface area contributed by atoms with Crippen molar-refractivity contribution in [1.82, 2.24) is 20.6 Å². The average molecular weight is 353 g/mol. The van der Waals surface area contributed by atoms with Crippen molar-refractivity contribution in [2.75, 3.05) is 13.7 Å². The molecule has 0 fully saturated rings. The van der Waals surface area contributed by atoms with Gasteiger partial charge in [-0.15, -0.1) is 0 Å². The van der Waals surface area contributed by atoms with Crippen molar-refractivity contribution in [3.05, 3.63) is 54.0 Å². The Labute approximate surface area is 143 Å². The van der Waals surface area contributed by atoms with Crippen LogP contribution in [0, 0.1) is 0 Å². The first-order valence-corrected chi connectivity index (χ1v) is 7.46. The molecule has 0 bridgehead atoms. The second-order valence-corrected chi connectivity index (χ2v) is 4.97. The van der Waals surface area contributed by atoms with Gasteiger partial charge in [0.05, 0.1) is 12.2 Å². The summed E-state index contributed by atoms with van der Waals surface area (Å²) in [6.07, 6.45) is -1.35. The van der Waals surface area contributed by atoms with Crippen molar-refractivity contribution < 1.29 is 17.9 Å². The zero-order valence-electron chi connectivity index (χ0n) is 13.5. The maximum Gasteiger partial charge on any atom is 0.422 e. The van der Waals surface area contributed by atoms with Crippen molar-refractivity contribution >= 4 is 5.96 Å². The molecule has 0 spiro atoms. The highest BCUT2D eigenvalue weighted by Gasteiger charge is 2.29. The highest BCUT2D eigenvalue weighted by molar-refractivity contribution is 5.79. The van der Waals surface area contributed by atoms with E-state index in [4.69, 9.17) is 4.74 Å². The summed E-state index contributed by atoms with van der Waals surface area (Å²) in [6.45, 7) is -0.711. The molecule has 0 saturated heterocycles. The van der Waals surface area contributed by atoms with Crippen LogP contribution in [0.1, 0.15) is 11.3 Å². The first-order valence-electron chi connectivity index (χ1n) is 7.46. The normalized spacial score (nSPS) is 11.9. The molecule has 0 radical (unpaired) electrons. The van der Waals surface area contributed by atoms with Crippen LogP contribution in [0.25, 0.3) is 0 Å². The van der Waals surface area contributed by atoms with Gasteiger partial charge in [0.2, 0.25) is 5.88 Å². The Morgan fingerprint density at radius 2 is 1.84 bits per heavy atom. The monoisotopic (exact) mass is 353 g/mol. The third kappa shape index (κ3) is 6.66. The minimum atomic E-state index is -4.41. The Balaban J connectivity index is 1.90. The molecule has 9 heteroatoms. The highest BCUT2D eigenvalue weighted by atomic mass is 19.4. The number of nitrogens with zero attached hydrogens (tertiary/aromatic N) is 3. The molecule has 6 nitrogen and oxygen atoms in total. The number of hydrogen-bond donors (Lipinski definition) is 2. The number of rotatable bonds is 6. The van der Waals surface area contributed by atoms with Crippen LogP contribution < -0.4 is 15.4 Å². The first-order chi connectivity index (χ1) is 12.0. The molecule has 0 atom stereocenters. The third-order valence-corrected chi connectivity index (χ3v) is 3.06. The Morgan fingerprint density at radius 1 is 1.08 bits per heavy atom. The average Bonchev–Trinajstić information content (AvgIpc) is 2.61. The molecule has 0 amide bonds. The molecule has 134 valence electrons. The van der Waals surface area contributed by atoms with E-state index in [1.807, 2.05) is 18.2 Å². The summed E-state index contributed by atoms with van der Waals surface area (Å²) in [4.78, 5) is 12.1. The molecule has 2 aromatic rings. The van der Waals surface area contributed by atoms with E-state index in [0.29, 0.717) is 18.1 Å². The lowest BCUT2D eigenvalue weighted by Crippen LogP contribution is -2.36. The lowest BCUT2D eigenvalue weighted by Gasteiger charge is -2.14. The van der Waals surface area contributed by atoms with Crippen LogP contribution >= 0.6 is 0 Å². The molecule has 0 aliphatic carbocycles. The van der Waals surface area contributed by atoms with Crippen molar-refractivity contribution in [1.29, 1.82) is 0 Å². The largest absolute Gasteiger partial charge is 0.468 e. The van der Waals surface area contributed by atoms with Crippen molar-refractivity contribution in [2.24, 2.45) is 4.99 Å². The van der Waals surface area contributed by atoms with Gasteiger partial charge in [0.25, 0.3) is 0 Å². The van der Waals surface area contributed by atoms with Gasteiger partial charge < -0.3 is 15.4 Å². The zero-order valence-corrected chi connectivity index (χ0v) is 13.5. The van der Waals surface area contributed by atoms with E-state index < -0.39 is 12.8 Å². The lowest BCUT2D eigenvalue weighted by atomic mass is 10.2. The van der Waals surface area contributed by atoms with Crippen molar-refractivity contribution in [2.45, 2.75) is 19.3 Å². The summed E-state index contributed by atoms with van der Waals surface area (Å²) in [5.41, 5.74) is 1.33. The Kier molecular flexibility index (Phi) is 6.55. The van der Waals surface area contributed by atoms with E-state index in [1.165, 1.54) is 6.20 Å². The van der Waals surface area contributed by atoms with Gasteiger partial charge in [-0.3, -0.25) is 9.98 Å². The fourth-order valence-corrected chi connectivity index (χ4v) is 1.92. The molecular formula is C16H18F3N5O. The number of pyridine rings is 2. The molecule has 2 heterocycles. The predicted octanol–water partition coefficient (Wildman–Crippen LogP) is 2.28. The second kappa shape index (κ2) is 8.86. The number of alkyl halides is 3. The maximum absolute atomic E-state index is 12.3. The number of hydrogen-bond acceptors (Lipinski definition) is 4. The van der Waals surface area contributed by atoms with Gasteiger partial charge in [-0.25, -0.2) is 4.98 Å². The van der Waals surface area contributed by atoms with Gasteiger partial charge in [-0.2, -0.15) is 13.2 Å². The summed E-state index contributed by atoms with van der Waals surface area (Å²) in [6, 6.07) is 8.82. The third-order valence-electron chi connectivity index (χ3n) is 3.06. The molecule has 2 rings (SSSR count). The van der Waals surface area contributed by atoms with E-state index in [1.54, 1.807) is 25.4 Å². The topological polar surface area (TPSA) is 71.4 Å². The van der Waals surface area contributed by atoms with E-state index in [0.717, 1.165) is 5.69 Å². The minimum Gasteiger partial charge on any atom is -0.468 e. The number of guanidine groups is 1. The van der Waals surface area contributed by atoms with Crippen LogP contribution in [0.4, 0.5) is 13.2 Å². The highest BCUT2D eigenvalue weighted by Crippen LogP contribution is 2.19. The van der Waals surface area contributed by atoms with Crippen LogP contribution in [0.2, 0.25) is 0 Å². The molecular weight excluding hydrogens is 335 g/mol. The number of halogens is 3. The van der Waals surface area contributed by atoms with Crippen molar-refractivity contribution in [3.63, 3.8) is 0 Å². The molecule has 0 saturated carbocycles. The van der Waals surface area contributed by atoms with Gasteiger partial charge in [0.1, 0.15) is 0 Å². The summed E-state index contributed by atoms with van der Waals surface area (Å²) in [7, 11) is 1.60. The van der Waals surface area contributed by atoms with Crippen LogP contribution in [-0.4, -0.2) is 35.8 Å². The number of aliphatic imine (C=N–C) groups is 1. The second-order valence-electron chi connectivity index (χ2n) is 4.97. The SMILES string of the molecule is CN=C(NCc1ccccn1)NCc1cccnc1OCC(F)(F)F. The Morgan fingerprint density at radius 3 is 2.52 bits per heavy atom. The van der Waals surface area contributed by atoms with E-state index >= 15 is 0 Å². The summed E-state index contributed by atoms with van der Waals surface area (Å²) in [5, 5.41) is 6.07. The van der Waals surface area contributed by atoms with Gasteiger partial charge in [-0.05, 0) is 18.2 Å². The quantitative estimate of drug-likeness (QED) is 0.616. The number of aromatic nitrogens is 2. The summed E-state index contributed by atoms with van der Waals surface area (Å²) >= 11 is 0. The van der Waals surface area contributed by atoms with Crippen LogP contribution in [0.15, 0.2) is 47.7 Å². The summed E-state index contributed by atoms with van der Waals surface area (Å²) < 4.78 is 41.6. The summed E-state index contributed by atoms with van der Waals surface area (Å²) in [5.74, 6) is 0.420. The molecule has 0 aromatic carbocycles. The maximum atomic E-state index is 12.3. The molecule has 2 aromatic heterocycles. The number of ether oxygens (including phenoxy) is 1. The van der Waals surface area contributed by atoms with Gasteiger partial charge >= 0.3 is 6.18 Å². The molecule has 0 aliphatic heterocycles. The standard InChI is InChI=1S/C16H18F3N5O/c1-20-15(24-10-13-6-2-3-7-21-13)23-9-12-5-4-8-22-14(12)25-11-16(17,18)19/h2-8H,9-11H2,1H3,(H2,20,23,24). The fraction of sp³-hybridized carbons (Fsp3) is 0.312. The molecule has 0 unspecified atom stereocenters. The van der Waals surface area contributed by atoms with Gasteiger partial charge in [-0.1, -0.05) is 12.1 Å². The van der Waals surface area contributed by atoms with E-state index in [-0.39, 0.29) is 12.4 Å². The fourth-order valence-electron chi connectivity index (χ4n) is 1.92. The lowest BCUT2D eigenvalue weighted by molar-refractivity contribution is -0.154. The molecule has 0 aliphatic rings. The zero-order chi connectivity index (χ0) is 18.1. The van der Waals surface area contributed by atoms with Gasteiger partial charge in [0, 0.05) is 31.5 Å². The van der Waals surface area contributed by atoms with Crippen molar-refractivity contribution in [3.8, 4) is 5.88 Å². The van der Waals surface area contributed by atoms with E-state index in [9.17, 15) is 13.2 Å².